The molecule has 0 spiro atoms. The van der Waals surface area contributed by atoms with Crippen molar-refractivity contribution in [1.82, 2.24) is 5.32 Å². The Morgan fingerprint density at radius 3 is 2.38 bits per heavy atom. The van der Waals surface area contributed by atoms with Crippen molar-refractivity contribution in [2.24, 2.45) is 0 Å². The number of hydrogen-bond donors (Lipinski definition) is 2. The minimum Gasteiger partial charge on any atom is -0.445 e. The lowest BCUT2D eigenvalue weighted by molar-refractivity contribution is -0.131. The van der Waals surface area contributed by atoms with E-state index in [1.54, 1.807) is 24.3 Å². The van der Waals surface area contributed by atoms with E-state index in [4.69, 9.17) is 9.47 Å². The summed E-state index contributed by atoms with van der Waals surface area (Å²) in [5, 5.41) is 12.6. The minimum absolute atomic E-state index is 0.0144. The quantitative estimate of drug-likeness (QED) is 0.628. The SMILES string of the molecule is CC(=O)Oc1ccc(C(O)CNC(=O)OCc2ccccc2)cc1. The van der Waals surface area contributed by atoms with Crippen LogP contribution in [-0.2, 0) is 16.1 Å². The third-order valence-corrected chi connectivity index (χ3v) is 3.18. The number of ether oxygens (including phenoxy) is 2. The molecular formula is C18H19NO5. The van der Waals surface area contributed by atoms with E-state index in [1.165, 1.54) is 6.92 Å². The van der Waals surface area contributed by atoms with Crippen LogP contribution in [0.1, 0.15) is 24.2 Å². The van der Waals surface area contributed by atoms with E-state index in [2.05, 4.69) is 5.32 Å². The van der Waals surface area contributed by atoms with Crippen LogP contribution in [0, 0.1) is 0 Å². The monoisotopic (exact) mass is 329 g/mol. The van der Waals surface area contributed by atoms with Gasteiger partial charge in [-0.1, -0.05) is 42.5 Å². The molecule has 0 aliphatic heterocycles. The van der Waals surface area contributed by atoms with Crippen molar-refractivity contribution in [3.05, 3.63) is 65.7 Å². The maximum atomic E-state index is 11.6. The van der Waals surface area contributed by atoms with Gasteiger partial charge in [-0.3, -0.25) is 4.79 Å². The summed E-state index contributed by atoms with van der Waals surface area (Å²) in [5.74, 6) is -0.0141. The highest BCUT2D eigenvalue weighted by atomic mass is 16.5. The van der Waals surface area contributed by atoms with E-state index in [9.17, 15) is 14.7 Å². The van der Waals surface area contributed by atoms with Gasteiger partial charge in [0.1, 0.15) is 12.4 Å². The van der Waals surface area contributed by atoms with Crippen molar-refractivity contribution in [2.45, 2.75) is 19.6 Å². The van der Waals surface area contributed by atoms with Gasteiger partial charge in [-0.2, -0.15) is 0 Å². The molecule has 6 nitrogen and oxygen atoms in total. The van der Waals surface area contributed by atoms with Crippen LogP contribution in [0.25, 0.3) is 0 Å². The maximum absolute atomic E-state index is 11.6. The Balaban J connectivity index is 1.76. The molecule has 2 N–H and O–H groups in total. The molecule has 1 amide bonds. The zero-order valence-corrected chi connectivity index (χ0v) is 13.3. The number of alkyl carbamates (subject to hydrolysis) is 1. The molecule has 0 fully saturated rings. The van der Waals surface area contributed by atoms with Crippen molar-refractivity contribution in [2.75, 3.05) is 6.54 Å². The van der Waals surface area contributed by atoms with Gasteiger partial charge in [0.15, 0.2) is 0 Å². The van der Waals surface area contributed by atoms with E-state index in [1.807, 2.05) is 30.3 Å². The Labute approximate surface area is 140 Å². The van der Waals surface area contributed by atoms with E-state index in [-0.39, 0.29) is 13.2 Å². The number of carbonyl (C=O) groups is 2. The van der Waals surface area contributed by atoms with E-state index >= 15 is 0 Å². The average molecular weight is 329 g/mol. The molecule has 6 heteroatoms. The summed E-state index contributed by atoms with van der Waals surface area (Å²) in [5.41, 5.74) is 1.48. The number of esters is 1. The number of benzene rings is 2. The predicted molar refractivity (Wildman–Crippen MR) is 87.3 cm³/mol. The van der Waals surface area contributed by atoms with Crippen molar-refractivity contribution >= 4 is 12.1 Å². The van der Waals surface area contributed by atoms with E-state index in [0.717, 1.165) is 5.56 Å². The summed E-state index contributed by atoms with van der Waals surface area (Å²) in [7, 11) is 0. The lowest BCUT2D eigenvalue weighted by Crippen LogP contribution is -2.28. The smallest absolute Gasteiger partial charge is 0.407 e. The van der Waals surface area contributed by atoms with Crippen LogP contribution in [0.4, 0.5) is 4.79 Å². The third kappa shape index (κ3) is 5.73. The second-order valence-corrected chi connectivity index (χ2v) is 5.12. The molecule has 0 heterocycles. The second kappa shape index (κ2) is 8.69. The van der Waals surface area contributed by atoms with Crippen molar-refractivity contribution < 1.29 is 24.2 Å². The van der Waals surface area contributed by atoms with Crippen LogP contribution in [0.5, 0.6) is 5.75 Å². The van der Waals surface area contributed by atoms with Crippen molar-refractivity contribution in [3.63, 3.8) is 0 Å². The normalized spacial score (nSPS) is 11.4. The lowest BCUT2D eigenvalue weighted by atomic mass is 10.1. The van der Waals surface area contributed by atoms with E-state index in [0.29, 0.717) is 11.3 Å². The topological polar surface area (TPSA) is 84.9 Å². The molecule has 0 saturated carbocycles. The number of aliphatic hydroxyl groups excluding tert-OH is 1. The molecule has 0 aromatic heterocycles. The number of aliphatic hydroxyl groups is 1. The molecule has 0 aliphatic rings. The zero-order chi connectivity index (χ0) is 17.4. The summed E-state index contributed by atoms with van der Waals surface area (Å²) in [4.78, 5) is 22.5. The van der Waals surface area contributed by atoms with Crippen LogP contribution in [0.15, 0.2) is 54.6 Å². The summed E-state index contributed by atoms with van der Waals surface area (Å²) in [6.07, 6.45) is -1.49. The molecule has 126 valence electrons. The van der Waals surface area contributed by atoms with Crippen molar-refractivity contribution in [3.8, 4) is 5.75 Å². The average Bonchev–Trinajstić information content (AvgIpc) is 2.59. The first-order valence-corrected chi connectivity index (χ1v) is 7.45. The van der Waals surface area contributed by atoms with Gasteiger partial charge in [0.2, 0.25) is 0 Å². The fraction of sp³-hybridized carbons (Fsp3) is 0.222. The Morgan fingerprint density at radius 1 is 1.08 bits per heavy atom. The second-order valence-electron chi connectivity index (χ2n) is 5.12. The van der Waals surface area contributed by atoms with Crippen LogP contribution >= 0.6 is 0 Å². The molecule has 0 radical (unpaired) electrons. The molecule has 24 heavy (non-hydrogen) atoms. The van der Waals surface area contributed by atoms with Crippen LogP contribution in [0.2, 0.25) is 0 Å². The minimum atomic E-state index is -0.888. The number of nitrogens with one attached hydrogen (secondary N) is 1. The Bertz CT molecular complexity index is 670. The van der Waals surface area contributed by atoms with E-state index < -0.39 is 18.2 Å². The first-order valence-electron chi connectivity index (χ1n) is 7.45. The summed E-state index contributed by atoms with van der Waals surface area (Å²) >= 11 is 0. The Kier molecular flexibility index (Phi) is 6.33. The molecular weight excluding hydrogens is 310 g/mol. The maximum Gasteiger partial charge on any atom is 0.407 e. The van der Waals surface area contributed by atoms with Gasteiger partial charge in [0, 0.05) is 6.92 Å². The Hall–Kier alpha value is -2.86. The molecule has 0 bridgehead atoms. The summed E-state index contributed by atoms with van der Waals surface area (Å²) in [6.45, 7) is 1.49. The standard InChI is InChI=1S/C18H19NO5/c1-13(20)24-16-9-7-15(8-10-16)17(21)11-19-18(22)23-12-14-5-3-2-4-6-14/h2-10,17,21H,11-12H2,1H3,(H,19,22). The van der Waals surface area contributed by atoms with Gasteiger partial charge < -0.3 is 19.9 Å². The lowest BCUT2D eigenvalue weighted by Gasteiger charge is -2.13. The van der Waals surface area contributed by atoms with Crippen molar-refractivity contribution in [1.29, 1.82) is 0 Å². The van der Waals surface area contributed by atoms with Gasteiger partial charge in [-0.15, -0.1) is 0 Å². The van der Waals surface area contributed by atoms with Gasteiger partial charge >= 0.3 is 12.1 Å². The highest BCUT2D eigenvalue weighted by Gasteiger charge is 2.11. The highest BCUT2D eigenvalue weighted by molar-refractivity contribution is 5.69. The summed E-state index contributed by atoms with van der Waals surface area (Å²) < 4.78 is 9.97. The van der Waals surface area contributed by atoms with Gasteiger partial charge in [-0.25, -0.2) is 4.79 Å². The van der Waals surface area contributed by atoms with Crippen LogP contribution in [-0.4, -0.2) is 23.7 Å². The molecule has 2 aromatic rings. The fourth-order valence-electron chi connectivity index (χ4n) is 2.00. The number of rotatable bonds is 6. The number of amides is 1. The molecule has 2 rings (SSSR count). The largest absolute Gasteiger partial charge is 0.445 e. The van der Waals surface area contributed by atoms with Gasteiger partial charge in [0.05, 0.1) is 12.6 Å². The molecule has 2 aromatic carbocycles. The molecule has 0 saturated heterocycles. The van der Waals surface area contributed by atoms with Crippen LogP contribution in [0.3, 0.4) is 0 Å². The molecule has 1 atom stereocenters. The highest BCUT2D eigenvalue weighted by Crippen LogP contribution is 2.17. The first kappa shape index (κ1) is 17.5. The van der Waals surface area contributed by atoms with Gasteiger partial charge in [0.25, 0.3) is 0 Å². The first-order chi connectivity index (χ1) is 11.5. The van der Waals surface area contributed by atoms with Crippen LogP contribution < -0.4 is 10.1 Å². The summed E-state index contributed by atoms with van der Waals surface area (Å²) in [6, 6.07) is 15.7. The predicted octanol–water partition coefficient (Wildman–Crippen LogP) is 2.57. The number of hydrogen-bond acceptors (Lipinski definition) is 5. The fourth-order valence-corrected chi connectivity index (χ4v) is 2.00. The molecule has 1 unspecified atom stereocenters. The zero-order valence-electron chi connectivity index (χ0n) is 13.3. The van der Waals surface area contributed by atoms with Gasteiger partial charge in [-0.05, 0) is 23.3 Å². The molecule has 0 aliphatic carbocycles. The number of carbonyl (C=O) groups excluding carboxylic acids is 2. The third-order valence-electron chi connectivity index (χ3n) is 3.18. The Morgan fingerprint density at radius 2 is 1.75 bits per heavy atom.